The molecule has 6 heteroatoms. The lowest BCUT2D eigenvalue weighted by Crippen LogP contribution is -2.20. The average molecular weight is 178 g/mol. The zero-order chi connectivity index (χ0) is 9.35. The smallest absolute Gasteiger partial charge is 0.296 e. The minimum Gasteiger partial charge on any atom is -0.296 e. The third kappa shape index (κ3) is 1.32. The third-order valence-electron chi connectivity index (χ3n) is 1.35. The molecule has 1 rings (SSSR count). The maximum Gasteiger partial charge on any atom is 0.505 e. The maximum absolute atomic E-state index is 12.0. The van der Waals surface area contributed by atoms with Crippen molar-refractivity contribution in [2.45, 2.75) is 13.2 Å². The summed E-state index contributed by atoms with van der Waals surface area (Å²) in [6, 6.07) is 0. The molecule has 0 spiro atoms. The second kappa shape index (κ2) is 2.62. The Hall–Kier alpha value is -1.33. The second-order valence-corrected chi connectivity index (χ2v) is 2.21. The standard InChI is InChI=1S/C6H5F3N2O/c1-4-2-10-11(5(4)3-12)6(7,8)9/h2-3H,1H3. The summed E-state index contributed by atoms with van der Waals surface area (Å²) in [6.45, 7) is 1.39. The molecule has 1 aromatic rings. The molecule has 0 aliphatic carbocycles. The summed E-state index contributed by atoms with van der Waals surface area (Å²) in [7, 11) is 0. The van der Waals surface area contributed by atoms with Crippen LogP contribution in [0.25, 0.3) is 0 Å². The van der Waals surface area contributed by atoms with Crippen LogP contribution in [0, 0.1) is 6.92 Å². The van der Waals surface area contributed by atoms with Gasteiger partial charge < -0.3 is 0 Å². The normalized spacial score (nSPS) is 11.7. The number of aryl methyl sites for hydroxylation is 1. The summed E-state index contributed by atoms with van der Waals surface area (Å²) >= 11 is 0. The first kappa shape index (κ1) is 8.76. The van der Waals surface area contributed by atoms with Gasteiger partial charge in [-0.2, -0.15) is 9.78 Å². The van der Waals surface area contributed by atoms with Crippen molar-refractivity contribution in [2.75, 3.05) is 0 Å². The Balaban J connectivity index is 3.25. The summed E-state index contributed by atoms with van der Waals surface area (Å²) < 4.78 is 35.7. The van der Waals surface area contributed by atoms with Gasteiger partial charge in [-0.05, 0) is 12.5 Å². The van der Waals surface area contributed by atoms with Crippen molar-refractivity contribution in [3.05, 3.63) is 17.5 Å². The number of nitrogens with zero attached hydrogens (tertiary/aromatic N) is 2. The van der Waals surface area contributed by atoms with E-state index in [1.165, 1.54) is 6.92 Å². The van der Waals surface area contributed by atoms with Gasteiger partial charge >= 0.3 is 6.30 Å². The lowest BCUT2D eigenvalue weighted by molar-refractivity contribution is -0.212. The average Bonchev–Trinajstić information content (AvgIpc) is 2.29. The maximum atomic E-state index is 12.0. The molecule has 66 valence electrons. The first-order valence-corrected chi connectivity index (χ1v) is 3.04. The van der Waals surface area contributed by atoms with Crippen molar-refractivity contribution in [1.29, 1.82) is 0 Å². The molecule has 12 heavy (non-hydrogen) atoms. The van der Waals surface area contributed by atoms with E-state index in [0.29, 0.717) is 0 Å². The molecule has 0 saturated carbocycles. The lowest BCUT2D eigenvalue weighted by atomic mass is 10.3. The molecule has 0 aromatic carbocycles. The van der Waals surface area contributed by atoms with Crippen LogP contribution in [0.3, 0.4) is 0 Å². The lowest BCUT2D eigenvalue weighted by Gasteiger charge is -2.06. The molecule has 0 bridgehead atoms. The molecular weight excluding hydrogens is 173 g/mol. The molecule has 0 aliphatic heterocycles. The Labute approximate surface area is 65.8 Å². The number of hydrogen-bond acceptors (Lipinski definition) is 2. The molecular formula is C6H5F3N2O. The minimum absolute atomic E-state index is 0.135. The number of aromatic nitrogens is 2. The summed E-state index contributed by atoms with van der Waals surface area (Å²) in [4.78, 5) is 10.2. The van der Waals surface area contributed by atoms with Gasteiger partial charge in [0.05, 0.1) is 6.20 Å². The number of alkyl halides is 3. The fraction of sp³-hybridized carbons (Fsp3) is 0.333. The van der Waals surface area contributed by atoms with E-state index < -0.39 is 12.0 Å². The fourth-order valence-corrected chi connectivity index (χ4v) is 0.785. The van der Waals surface area contributed by atoms with E-state index in [2.05, 4.69) is 5.10 Å². The zero-order valence-corrected chi connectivity index (χ0v) is 6.09. The van der Waals surface area contributed by atoms with Gasteiger partial charge in [0.25, 0.3) is 0 Å². The van der Waals surface area contributed by atoms with Crippen LogP contribution in [0.2, 0.25) is 0 Å². The number of carbonyl (C=O) groups excluding carboxylic acids is 1. The summed E-state index contributed by atoms with van der Waals surface area (Å²) in [5.41, 5.74) is -0.246. The molecule has 3 nitrogen and oxygen atoms in total. The van der Waals surface area contributed by atoms with Gasteiger partial charge in [0.2, 0.25) is 0 Å². The predicted octanol–water partition coefficient (Wildman–Crippen LogP) is 1.48. The Morgan fingerprint density at radius 1 is 1.58 bits per heavy atom. The fourth-order valence-electron chi connectivity index (χ4n) is 0.785. The molecule has 0 saturated heterocycles. The van der Waals surface area contributed by atoms with Crippen LogP contribution in [-0.4, -0.2) is 16.1 Å². The number of hydrogen-bond donors (Lipinski definition) is 0. The van der Waals surface area contributed by atoms with Crippen LogP contribution in [0.4, 0.5) is 13.2 Å². The zero-order valence-electron chi connectivity index (χ0n) is 6.09. The van der Waals surface area contributed by atoms with Crippen molar-refractivity contribution in [3.63, 3.8) is 0 Å². The van der Waals surface area contributed by atoms with Crippen LogP contribution >= 0.6 is 0 Å². The minimum atomic E-state index is -4.62. The van der Waals surface area contributed by atoms with Crippen molar-refractivity contribution in [3.8, 4) is 0 Å². The Morgan fingerprint density at radius 2 is 2.17 bits per heavy atom. The second-order valence-electron chi connectivity index (χ2n) is 2.21. The highest BCUT2D eigenvalue weighted by Crippen LogP contribution is 2.23. The number of rotatable bonds is 1. The van der Waals surface area contributed by atoms with Crippen molar-refractivity contribution < 1.29 is 18.0 Å². The Kier molecular flexibility index (Phi) is 1.91. The van der Waals surface area contributed by atoms with E-state index >= 15 is 0 Å². The number of halogens is 3. The highest BCUT2D eigenvalue weighted by molar-refractivity contribution is 5.74. The van der Waals surface area contributed by atoms with Gasteiger partial charge in [-0.25, -0.2) is 0 Å². The van der Waals surface area contributed by atoms with E-state index in [9.17, 15) is 18.0 Å². The molecule has 0 unspecified atom stereocenters. The highest BCUT2D eigenvalue weighted by Gasteiger charge is 2.34. The molecule has 0 radical (unpaired) electrons. The van der Waals surface area contributed by atoms with Crippen molar-refractivity contribution >= 4 is 6.29 Å². The van der Waals surface area contributed by atoms with Gasteiger partial charge in [-0.1, -0.05) is 0 Å². The summed E-state index contributed by atoms with van der Waals surface area (Å²) in [5, 5.41) is 3.02. The molecule has 0 N–H and O–H groups in total. The van der Waals surface area contributed by atoms with E-state index in [1.54, 1.807) is 0 Å². The monoisotopic (exact) mass is 178 g/mol. The Bertz CT molecular complexity index is 302. The van der Waals surface area contributed by atoms with E-state index in [4.69, 9.17) is 0 Å². The molecule has 0 aliphatic rings. The number of carbonyl (C=O) groups is 1. The summed E-state index contributed by atoms with van der Waals surface area (Å²) in [5.74, 6) is 0. The van der Waals surface area contributed by atoms with Crippen molar-refractivity contribution in [2.24, 2.45) is 0 Å². The van der Waals surface area contributed by atoms with Crippen LogP contribution in [0.5, 0.6) is 0 Å². The summed E-state index contributed by atoms with van der Waals surface area (Å²) in [6.07, 6.45) is -3.49. The third-order valence-corrected chi connectivity index (χ3v) is 1.35. The number of aldehydes is 1. The SMILES string of the molecule is Cc1cnn(C(F)(F)F)c1C=O. The van der Waals surface area contributed by atoms with Gasteiger partial charge in [0.1, 0.15) is 5.69 Å². The van der Waals surface area contributed by atoms with Gasteiger partial charge in [0.15, 0.2) is 6.29 Å². The highest BCUT2D eigenvalue weighted by atomic mass is 19.4. The van der Waals surface area contributed by atoms with Crippen LogP contribution < -0.4 is 0 Å². The molecule has 1 aromatic heterocycles. The van der Waals surface area contributed by atoms with Crippen LogP contribution in [-0.2, 0) is 6.30 Å². The van der Waals surface area contributed by atoms with Crippen molar-refractivity contribution in [1.82, 2.24) is 9.78 Å². The largest absolute Gasteiger partial charge is 0.505 e. The van der Waals surface area contributed by atoms with E-state index in [-0.39, 0.29) is 16.5 Å². The van der Waals surface area contributed by atoms with Gasteiger partial charge in [-0.15, -0.1) is 13.2 Å². The van der Waals surface area contributed by atoms with Gasteiger partial charge in [-0.3, -0.25) is 4.79 Å². The van der Waals surface area contributed by atoms with E-state index in [0.717, 1.165) is 6.20 Å². The molecule has 1 heterocycles. The first-order valence-electron chi connectivity index (χ1n) is 3.04. The van der Waals surface area contributed by atoms with E-state index in [1.807, 2.05) is 0 Å². The van der Waals surface area contributed by atoms with Crippen LogP contribution in [0.15, 0.2) is 6.20 Å². The van der Waals surface area contributed by atoms with Gasteiger partial charge in [0, 0.05) is 0 Å². The quantitative estimate of drug-likeness (QED) is 0.610. The molecule has 0 fully saturated rings. The first-order chi connectivity index (χ1) is 5.46. The predicted molar refractivity (Wildman–Crippen MR) is 33.6 cm³/mol. The molecule has 0 amide bonds. The van der Waals surface area contributed by atoms with Crippen LogP contribution in [0.1, 0.15) is 16.1 Å². The topological polar surface area (TPSA) is 34.9 Å². The Morgan fingerprint density at radius 3 is 2.50 bits per heavy atom. The molecule has 0 atom stereocenters.